The summed E-state index contributed by atoms with van der Waals surface area (Å²) < 4.78 is 16.2. The molecule has 1 atom stereocenters. The topological polar surface area (TPSA) is 83.4 Å². The third-order valence-corrected chi connectivity index (χ3v) is 4.20. The zero-order chi connectivity index (χ0) is 17.1. The number of hydroxylamine groups is 1. The highest BCUT2D eigenvalue weighted by molar-refractivity contribution is 7.85. The lowest BCUT2D eigenvalue weighted by molar-refractivity contribution is 0.0706. The van der Waals surface area contributed by atoms with Crippen molar-refractivity contribution in [3.05, 3.63) is 65.9 Å². The predicted octanol–water partition coefficient (Wildman–Crippen LogP) is 2.51. The Balaban J connectivity index is 1.92. The van der Waals surface area contributed by atoms with Gasteiger partial charge in [0.25, 0.3) is 5.91 Å². The van der Waals surface area contributed by atoms with Gasteiger partial charge in [-0.3, -0.25) is 10.0 Å². The summed E-state index contributed by atoms with van der Waals surface area (Å²) in [7, 11) is -1.12. The normalized spacial score (nSPS) is 12.1. The van der Waals surface area contributed by atoms with E-state index in [2.05, 4.69) is 4.72 Å². The molecule has 2 aromatic carbocycles. The van der Waals surface area contributed by atoms with Crippen LogP contribution in [-0.2, 0) is 17.5 Å². The maximum absolute atomic E-state index is 11.6. The SMILES string of the molecule is CS(=O)Nc1cccc(Cn2ccc3ccc(C(=O)NO)cc32)c1. The van der Waals surface area contributed by atoms with Crippen LogP contribution in [0, 0.1) is 0 Å². The molecule has 0 aliphatic carbocycles. The van der Waals surface area contributed by atoms with E-state index in [1.165, 1.54) is 0 Å². The minimum Gasteiger partial charge on any atom is -0.343 e. The molecule has 1 unspecified atom stereocenters. The molecule has 0 bridgehead atoms. The Morgan fingerprint density at radius 3 is 2.79 bits per heavy atom. The number of hydrogen-bond acceptors (Lipinski definition) is 3. The van der Waals surface area contributed by atoms with Crippen molar-refractivity contribution in [2.45, 2.75) is 6.54 Å². The lowest BCUT2D eigenvalue weighted by Gasteiger charge is -2.09. The molecule has 6 nitrogen and oxygen atoms in total. The molecule has 0 spiro atoms. The minimum absolute atomic E-state index is 0.391. The van der Waals surface area contributed by atoms with Gasteiger partial charge in [-0.15, -0.1) is 0 Å². The van der Waals surface area contributed by atoms with E-state index >= 15 is 0 Å². The predicted molar refractivity (Wildman–Crippen MR) is 94.4 cm³/mol. The van der Waals surface area contributed by atoms with Crippen molar-refractivity contribution in [1.29, 1.82) is 0 Å². The minimum atomic E-state index is -1.12. The number of nitrogens with zero attached hydrogens (tertiary/aromatic N) is 1. The second kappa shape index (κ2) is 6.86. The number of nitrogens with one attached hydrogen (secondary N) is 2. The maximum Gasteiger partial charge on any atom is 0.274 e. The van der Waals surface area contributed by atoms with Gasteiger partial charge in [-0.1, -0.05) is 18.2 Å². The zero-order valence-electron chi connectivity index (χ0n) is 13.0. The molecule has 0 aliphatic rings. The second-order valence-corrected chi connectivity index (χ2v) is 6.53. The number of carbonyl (C=O) groups excluding carboxylic acids is 1. The summed E-state index contributed by atoms with van der Waals surface area (Å²) in [5.74, 6) is -0.540. The fraction of sp³-hybridized carbons (Fsp3) is 0.118. The largest absolute Gasteiger partial charge is 0.343 e. The molecule has 3 rings (SSSR count). The number of rotatable bonds is 5. The van der Waals surface area contributed by atoms with Crippen molar-refractivity contribution in [2.24, 2.45) is 0 Å². The van der Waals surface area contributed by atoms with Crippen LogP contribution < -0.4 is 10.2 Å². The highest BCUT2D eigenvalue weighted by Crippen LogP contribution is 2.20. The molecule has 0 radical (unpaired) electrons. The van der Waals surface area contributed by atoms with E-state index in [9.17, 15) is 9.00 Å². The summed E-state index contributed by atoms with van der Waals surface area (Å²) in [5.41, 5.74) is 4.77. The first-order valence-corrected chi connectivity index (χ1v) is 8.85. The lowest BCUT2D eigenvalue weighted by atomic mass is 10.1. The van der Waals surface area contributed by atoms with Crippen LogP contribution >= 0.6 is 0 Å². The van der Waals surface area contributed by atoms with Gasteiger partial charge in [0.2, 0.25) is 0 Å². The number of fused-ring (bicyclic) bond motifs is 1. The molecule has 0 saturated heterocycles. The van der Waals surface area contributed by atoms with Gasteiger partial charge in [0.1, 0.15) is 11.0 Å². The fourth-order valence-corrected chi connectivity index (χ4v) is 3.08. The first-order valence-electron chi connectivity index (χ1n) is 7.29. The smallest absolute Gasteiger partial charge is 0.274 e. The first kappa shape index (κ1) is 16.2. The van der Waals surface area contributed by atoms with Gasteiger partial charge < -0.3 is 9.29 Å². The quantitative estimate of drug-likeness (QED) is 0.492. The molecular weight excluding hydrogens is 326 g/mol. The third kappa shape index (κ3) is 3.47. The molecule has 124 valence electrons. The third-order valence-electron chi connectivity index (χ3n) is 3.68. The molecule has 3 aromatic rings. The molecule has 24 heavy (non-hydrogen) atoms. The van der Waals surface area contributed by atoms with Crippen LogP contribution in [0.5, 0.6) is 0 Å². The van der Waals surface area contributed by atoms with E-state index in [0.717, 1.165) is 22.2 Å². The van der Waals surface area contributed by atoms with Crippen LogP contribution in [0.2, 0.25) is 0 Å². The van der Waals surface area contributed by atoms with Crippen molar-refractivity contribution in [3.63, 3.8) is 0 Å². The highest BCUT2D eigenvalue weighted by atomic mass is 32.2. The van der Waals surface area contributed by atoms with E-state index in [4.69, 9.17) is 5.21 Å². The van der Waals surface area contributed by atoms with Crippen molar-refractivity contribution in [3.8, 4) is 0 Å². The fourth-order valence-electron chi connectivity index (χ4n) is 2.62. The standard InChI is InChI=1S/C17H17N3O3S/c1-24(23)19-15-4-2-3-12(9-15)11-20-8-7-13-5-6-14(10-16(13)20)17(21)18-22/h2-10,19,22H,11H2,1H3,(H,18,21). The first-order chi connectivity index (χ1) is 11.6. The molecule has 3 N–H and O–H groups in total. The van der Waals surface area contributed by atoms with Crippen LogP contribution in [0.1, 0.15) is 15.9 Å². The number of carbonyl (C=O) groups is 1. The summed E-state index contributed by atoms with van der Waals surface area (Å²) in [4.78, 5) is 11.6. The lowest BCUT2D eigenvalue weighted by Crippen LogP contribution is -2.18. The second-order valence-electron chi connectivity index (χ2n) is 5.41. The van der Waals surface area contributed by atoms with Crippen LogP contribution in [0.4, 0.5) is 5.69 Å². The Hall–Kier alpha value is -2.64. The van der Waals surface area contributed by atoms with Gasteiger partial charge in [0.05, 0.1) is 0 Å². The van der Waals surface area contributed by atoms with E-state index in [0.29, 0.717) is 12.1 Å². The zero-order valence-corrected chi connectivity index (χ0v) is 13.8. The van der Waals surface area contributed by atoms with Gasteiger partial charge in [0.15, 0.2) is 0 Å². The van der Waals surface area contributed by atoms with E-state index in [-0.39, 0.29) is 0 Å². The average molecular weight is 343 g/mol. The number of hydrogen-bond donors (Lipinski definition) is 3. The summed E-state index contributed by atoms with van der Waals surface area (Å²) in [5, 5.41) is 9.79. The summed E-state index contributed by atoms with van der Waals surface area (Å²) in [6.45, 7) is 0.611. The van der Waals surface area contributed by atoms with E-state index in [1.807, 2.05) is 47.2 Å². The number of amides is 1. The van der Waals surface area contributed by atoms with E-state index in [1.54, 1.807) is 23.9 Å². The van der Waals surface area contributed by atoms with Gasteiger partial charge in [0, 0.05) is 35.8 Å². The molecule has 1 aromatic heterocycles. The molecule has 1 amide bonds. The molecule has 0 aliphatic heterocycles. The van der Waals surface area contributed by atoms with Crippen molar-refractivity contribution in [1.82, 2.24) is 10.0 Å². The number of benzene rings is 2. The maximum atomic E-state index is 11.6. The molecule has 0 saturated carbocycles. The Labute approximate surface area is 141 Å². The highest BCUT2D eigenvalue weighted by Gasteiger charge is 2.08. The number of anilines is 1. The average Bonchev–Trinajstić information content (AvgIpc) is 2.96. The molecule has 0 fully saturated rings. The van der Waals surface area contributed by atoms with Crippen molar-refractivity contribution >= 4 is 33.5 Å². The summed E-state index contributed by atoms with van der Waals surface area (Å²) in [6, 6.07) is 14.9. The Morgan fingerprint density at radius 1 is 1.21 bits per heavy atom. The van der Waals surface area contributed by atoms with Crippen LogP contribution in [0.3, 0.4) is 0 Å². The van der Waals surface area contributed by atoms with E-state index < -0.39 is 16.9 Å². The Morgan fingerprint density at radius 2 is 2.04 bits per heavy atom. The number of aromatic nitrogens is 1. The molecular formula is C17H17N3O3S. The summed E-state index contributed by atoms with van der Waals surface area (Å²) in [6.07, 6.45) is 3.53. The van der Waals surface area contributed by atoms with Crippen LogP contribution in [0.25, 0.3) is 10.9 Å². The Kier molecular flexibility index (Phi) is 4.64. The van der Waals surface area contributed by atoms with Gasteiger partial charge in [-0.25, -0.2) is 9.69 Å². The molecule has 1 heterocycles. The summed E-state index contributed by atoms with van der Waals surface area (Å²) >= 11 is 0. The van der Waals surface area contributed by atoms with Gasteiger partial charge in [-0.05, 0) is 41.3 Å². The van der Waals surface area contributed by atoms with Gasteiger partial charge >= 0.3 is 0 Å². The van der Waals surface area contributed by atoms with Crippen LogP contribution in [-0.4, -0.2) is 26.1 Å². The molecule has 7 heteroatoms. The van der Waals surface area contributed by atoms with Crippen molar-refractivity contribution < 1.29 is 14.2 Å². The van der Waals surface area contributed by atoms with Crippen molar-refractivity contribution in [2.75, 3.05) is 11.0 Å². The monoisotopic (exact) mass is 343 g/mol. The van der Waals surface area contributed by atoms with Gasteiger partial charge in [-0.2, -0.15) is 0 Å². The Bertz CT molecular complexity index is 920. The van der Waals surface area contributed by atoms with Crippen LogP contribution in [0.15, 0.2) is 54.7 Å².